The van der Waals surface area contributed by atoms with E-state index in [1.165, 1.54) is 5.56 Å². The molecular formula is C17H15BrClN3O. The Balaban J connectivity index is 1.94. The molecular weight excluding hydrogens is 378 g/mol. The summed E-state index contributed by atoms with van der Waals surface area (Å²) in [6, 6.07) is 9.85. The Bertz CT molecular complexity index is 839. The first-order valence-corrected chi connectivity index (χ1v) is 8.19. The lowest BCUT2D eigenvalue weighted by Crippen LogP contribution is -2.18. The third kappa shape index (κ3) is 3.41. The molecule has 0 atom stereocenters. The van der Waals surface area contributed by atoms with E-state index in [1.54, 1.807) is 19.5 Å². The Morgan fingerprint density at radius 1 is 1.13 bits per heavy atom. The van der Waals surface area contributed by atoms with Gasteiger partial charge in [-0.25, -0.2) is 9.97 Å². The molecule has 0 bridgehead atoms. The van der Waals surface area contributed by atoms with E-state index in [0.717, 1.165) is 33.4 Å². The van der Waals surface area contributed by atoms with Crippen molar-refractivity contribution in [1.82, 2.24) is 9.97 Å². The normalized spacial score (nSPS) is 10.8. The van der Waals surface area contributed by atoms with Crippen molar-refractivity contribution < 1.29 is 4.74 Å². The topological polar surface area (TPSA) is 38.2 Å². The number of ether oxygens (including phenoxy) is 1. The summed E-state index contributed by atoms with van der Waals surface area (Å²) in [5.74, 6) is 1.71. The van der Waals surface area contributed by atoms with Crippen LogP contribution in [0.1, 0.15) is 5.56 Å². The van der Waals surface area contributed by atoms with Crippen LogP contribution in [0.15, 0.2) is 47.2 Å². The van der Waals surface area contributed by atoms with Gasteiger partial charge in [0.05, 0.1) is 7.11 Å². The van der Waals surface area contributed by atoms with Crippen LogP contribution in [0.2, 0.25) is 5.15 Å². The number of anilines is 1. The van der Waals surface area contributed by atoms with Gasteiger partial charge in [0.25, 0.3) is 0 Å². The van der Waals surface area contributed by atoms with E-state index < -0.39 is 0 Å². The number of hydrogen-bond donors (Lipinski definition) is 0. The second kappa shape index (κ2) is 6.72. The molecule has 23 heavy (non-hydrogen) atoms. The van der Waals surface area contributed by atoms with Crippen LogP contribution in [0.25, 0.3) is 10.8 Å². The van der Waals surface area contributed by atoms with Crippen LogP contribution in [0.3, 0.4) is 0 Å². The predicted octanol–water partition coefficient (Wildman–Crippen LogP) is 4.69. The molecule has 0 unspecified atom stereocenters. The molecule has 0 N–H and O–H groups in total. The zero-order valence-electron chi connectivity index (χ0n) is 12.8. The zero-order valence-corrected chi connectivity index (χ0v) is 15.1. The second-order valence-corrected chi connectivity index (χ2v) is 6.43. The van der Waals surface area contributed by atoms with Crippen LogP contribution in [-0.2, 0) is 6.54 Å². The molecule has 4 nitrogen and oxygen atoms in total. The zero-order chi connectivity index (χ0) is 16.4. The van der Waals surface area contributed by atoms with Gasteiger partial charge in [-0.15, -0.1) is 0 Å². The maximum absolute atomic E-state index is 6.00. The summed E-state index contributed by atoms with van der Waals surface area (Å²) in [7, 11) is 3.67. The van der Waals surface area contributed by atoms with E-state index in [4.69, 9.17) is 16.3 Å². The van der Waals surface area contributed by atoms with E-state index >= 15 is 0 Å². The van der Waals surface area contributed by atoms with Gasteiger partial charge >= 0.3 is 0 Å². The monoisotopic (exact) mass is 391 g/mol. The van der Waals surface area contributed by atoms with Crippen molar-refractivity contribution in [3.8, 4) is 5.75 Å². The second-order valence-electron chi connectivity index (χ2n) is 5.19. The third-order valence-corrected chi connectivity index (χ3v) is 4.45. The number of benzene rings is 1. The lowest BCUT2D eigenvalue weighted by molar-refractivity contribution is 0.414. The third-order valence-electron chi connectivity index (χ3n) is 3.61. The van der Waals surface area contributed by atoms with E-state index in [1.807, 2.05) is 37.4 Å². The molecule has 0 amide bonds. The maximum Gasteiger partial charge on any atom is 0.138 e. The molecule has 1 aromatic carbocycles. The number of hydrogen-bond acceptors (Lipinski definition) is 4. The molecule has 0 saturated heterocycles. The summed E-state index contributed by atoms with van der Waals surface area (Å²) in [6.45, 7) is 0.732. The number of pyridine rings is 2. The van der Waals surface area contributed by atoms with Gasteiger partial charge in [0.1, 0.15) is 16.7 Å². The minimum absolute atomic E-state index is 0.466. The van der Waals surface area contributed by atoms with Gasteiger partial charge in [-0.3, -0.25) is 0 Å². The lowest BCUT2D eigenvalue weighted by Gasteiger charge is -2.20. The van der Waals surface area contributed by atoms with Crippen LogP contribution in [0, 0.1) is 0 Å². The number of rotatable bonds is 4. The van der Waals surface area contributed by atoms with Crippen LogP contribution in [0.5, 0.6) is 5.75 Å². The van der Waals surface area contributed by atoms with Gasteiger partial charge in [-0.05, 0) is 39.7 Å². The highest BCUT2D eigenvalue weighted by molar-refractivity contribution is 9.10. The summed E-state index contributed by atoms with van der Waals surface area (Å²) in [4.78, 5) is 10.8. The molecule has 0 radical (unpaired) electrons. The van der Waals surface area contributed by atoms with E-state index in [9.17, 15) is 0 Å². The van der Waals surface area contributed by atoms with Crippen molar-refractivity contribution in [3.63, 3.8) is 0 Å². The molecule has 3 rings (SSSR count). The molecule has 0 aliphatic rings. The van der Waals surface area contributed by atoms with Gasteiger partial charge < -0.3 is 9.64 Å². The number of aromatic nitrogens is 2. The number of halogens is 2. The lowest BCUT2D eigenvalue weighted by atomic mass is 10.2. The van der Waals surface area contributed by atoms with Crippen LogP contribution in [0.4, 0.5) is 5.82 Å². The Hall–Kier alpha value is -1.85. The summed E-state index contributed by atoms with van der Waals surface area (Å²) < 4.78 is 6.09. The quantitative estimate of drug-likeness (QED) is 0.604. The first-order chi connectivity index (χ1) is 11.1. The molecule has 0 saturated carbocycles. The maximum atomic E-state index is 6.00. The van der Waals surface area contributed by atoms with Crippen LogP contribution in [-0.4, -0.2) is 24.1 Å². The average Bonchev–Trinajstić information content (AvgIpc) is 2.56. The summed E-state index contributed by atoms with van der Waals surface area (Å²) in [5, 5.41) is 2.42. The van der Waals surface area contributed by atoms with Crippen molar-refractivity contribution in [2.24, 2.45) is 0 Å². The fourth-order valence-corrected chi connectivity index (χ4v) is 3.03. The van der Waals surface area contributed by atoms with Gasteiger partial charge in [0, 0.05) is 41.2 Å². The molecule has 0 aliphatic heterocycles. The Kier molecular flexibility index (Phi) is 4.68. The largest absolute Gasteiger partial charge is 0.497 e. The Morgan fingerprint density at radius 3 is 2.57 bits per heavy atom. The summed E-state index contributed by atoms with van der Waals surface area (Å²) in [6.07, 6.45) is 3.55. The summed E-state index contributed by atoms with van der Waals surface area (Å²) in [5.41, 5.74) is 1.17. The predicted molar refractivity (Wildman–Crippen MR) is 97.3 cm³/mol. The number of methoxy groups -OCH3 is 1. The standard InChI is InChI=1S/C17H15BrClN3O/c1-22(10-11-3-5-12(23-2)6-4-11)17-14-8-20-16(19)7-13(14)15(18)9-21-17/h3-9H,10H2,1-2H3. The fraction of sp³-hybridized carbons (Fsp3) is 0.176. The smallest absolute Gasteiger partial charge is 0.138 e. The highest BCUT2D eigenvalue weighted by Gasteiger charge is 2.12. The van der Waals surface area contributed by atoms with E-state index in [-0.39, 0.29) is 0 Å². The minimum Gasteiger partial charge on any atom is -0.497 e. The van der Waals surface area contributed by atoms with Gasteiger partial charge in [0.15, 0.2) is 0 Å². The highest BCUT2D eigenvalue weighted by Crippen LogP contribution is 2.31. The van der Waals surface area contributed by atoms with Crippen molar-refractivity contribution in [2.75, 3.05) is 19.1 Å². The van der Waals surface area contributed by atoms with Crippen molar-refractivity contribution in [1.29, 1.82) is 0 Å². The van der Waals surface area contributed by atoms with Crippen LogP contribution >= 0.6 is 27.5 Å². The van der Waals surface area contributed by atoms with Crippen molar-refractivity contribution in [2.45, 2.75) is 6.54 Å². The molecule has 2 heterocycles. The van der Waals surface area contributed by atoms with Crippen LogP contribution < -0.4 is 9.64 Å². The molecule has 2 aromatic heterocycles. The molecule has 6 heteroatoms. The number of fused-ring (bicyclic) bond motifs is 1. The molecule has 0 fully saturated rings. The minimum atomic E-state index is 0.466. The van der Waals surface area contributed by atoms with Gasteiger partial charge in [-0.2, -0.15) is 0 Å². The van der Waals surface area contributed by atoms with E-state index in [2.05, 4.69) is 30.8 Å². The Morgan fingerprint density at radius 2 is 1.87 bits per heavy atom. The first-order valence-electron chi connectivity index (χ1n) is 7.02. The van der Waals surface area contributed by atoms with Crippen molar-refractivity contribution in [3.05, 3.63) is 57.9 Å². The average molecular weight is 393 g/mol. The molecule has 0 aliphatic carbocycles. The summed E-state index contributed by atoms with van der Waals surface area (Å²) >= 11 is 9.52. The first kappa shape index (κ1) is 16.0. The molecule has 118 valence electrons. The van der Waals surface area contributed by atoms with Gasteiger partial charge in [0.2, 0.25) is 0 Å². The van der Waals surface area contributed by atoms with Gasteiger partial charge in [-0.1, -0.05) is 23.7 Å². The SMILES string of the molecule is COc1ccc(CN(C)c2ncc(Br)c3cc(Cl)ncc23)cc1. The molecule has 0 spiro atoms. The number of nitrogens with zero attached hydrogens (tertiary/aromatic N) is 3. The van der Waals surface area contributed by atoms with E-state index in [0.29, 0.717) is 5.15 Å². The van der Waals surface area contributed by atoms with Crippen molar-refractivity contribution >= 4 is 44.1 Å². The Labute approximate surface area is 148 Å². The fourth-order valence-electron chi connectivity index (χ4n) is 2.45. The molecule has 3 aromatic rings. The highest BCUT2D eigenvalue weighted by atomic mass is 79.9.